The maximum absolute atomic E-state index is 12.0. The van der Waals surface area contributed by atoms with E-state index >= 15 is 0 Å². The summed E-state index contributed by atoms with van der Waals surface area (Å²) < 4.78 is 0. The molecule has 2 aromatic rings. The molecular weight excluding hydrogens is 292 g/mol. The Labute approximate surface area is 136 Å². The van der Waals surface area contributed by atoms with E-state index in [1.54, 1.807) is 11.8 Å². The van der Waals surface area contributed by atoms with E-state index in [1.807, 2.05) is 61.5 Å². The fourth-order valence-corrected chi connectivity index (χ4v) is 2.81. The fraction of sp³-hybridized carbons (Fsp3) is 0.278. The number of rotatable bonds is 7. The van der Waals surface area contributed by atoms with E-state index < -0.39 is 0 Å². The molecule has 0 bridgehead atoms. The summed E-state index contributed by atoms with van der Waals surface area (Å²) in [6, 6.07) is 18.2. The molecular formula is C18H22N2OS. The van der Waals surface area contributed by atoms with Crippen LogP contribution in [0.15, 0.2) is 59.5 Å². The summed E-state index contributed by atoms with van der Waals surface area (Å²) in [6.45, 7) is 1.51. The Hall–Kier alpha value is -1.78. The molecule has 2 rings (SSSR count). The van der Waals surface area contributed by atoms with Crippen molar-refractivity contribution in [3.63, 3.8) is 0 Å². The number of thioether (sulfide) groups is 1. The van der Waals surface area contributed by atoms with Crippen molar-refractivity contribution in [2.24, 2.45) is 0 Å². The van der Waals surface area contributed by atoms with Crippen molar-refractivity contribution in [1.29, 1.82) is 0 Å². The van der Waals surface area contributed by atoms with Crippen LogP contribution in [-0.4, -0.2) is 38.0 Å². The van der Waals surface area contributed by atoms with Gasteiger partial charge in [0.2, 0.25) is 0 Å². The SMILES string of the molecule is CN(C)CCNC(=O)c1ccc(CSc2ccccc2)cc1. The second-order valence-electron chi connectivity index (χ2n) is 5.36. The Morgan fingerprint density at radius 1 is 1.05 bits per heavy atom. The predicted molar refractivity (Wildman–Crippen MR) is 93.3 cm³/mol. The number of carbonyl (C=O) groups is 1. The zero-order valence-electron chi connectivity index (χ0n) is 13.1. The van der Waals surface area contributed by atoms with Gasteiger partial charge in [-0.25, -0.2) is 0 Å². The molecule has 0 aliphatic carbocycles. The Morgan fingerprint density at radius 3 is 2.36 bits per heavy atom. The van der Waals surface area contributed by atoms with E-state index in [0.29, 0.717) is 12.1 Å². The number of hydrogen-bond donors (Lipinski definition) is 1. The van der Waals surface area contributed by atoms with Crippen LogP contribution in [0.2, 0.25) is 0 Å². The Balaban J connectivity index is 1.83. The molecule has 0 radical (unpaired) electrons. The van der Waals surface area contributed by atoms with Crippen molar-refractivity contribution in [3.8, 4) is 0 Å². The normalized spacial score (nSPS) is 10.7. The zero-order chi connectivity index (χ0) is 15.8. The summed E-state index contributed by atoms with van der Waals surface area (Å²) in [5.41, 5.74) is 1.94. The molecule has 4 heteroatoms. The number of hydrogen-bond acceptors (Lipinski definition) is 3. The third-order valence-electron chi connectivity index (χ3n) is 3.21. The molecule has 22 heavy (non-hydrogen) atoms. The molecule has 0 unspecified atom stereocenters. The third-order valence-corrected chi connectivity index (χ3v) is 4.29. The van der Waals surface area contributed by atoms with E-state index in [9.17, 15) is 4.79 Å². The number of likely N-dealkylation sites (N-methyl/N-ethyl adjacent to an activating group) is 1. The fourth-order valence-electron chi connectivity index (χ4n) is 1.93. The minimum Gasteiger partial charge on any atom is -0.351 e. The van der Waals surface area contributed by atoms with Crippen LogP contribution in [-0.2, 0) is 5.75 Å². The van der Waals surface area contributed by atoms with Crippen LogP contribution in [0, 0.1) is 0 Å². The summed E-state index contributed by atoms with van der Waals surface area (Å²) in [6.07, 6.45) is 0. The van der Waals surface area contributed by atoms with Crippen LogP contribution in [0.5, 0.6) is 0 Å². The second-order valence-corrected chi connectivity index (χ2v) is 6.41. The minimum absolute atomic E-state index is 0.0101. The average molecular weight is 314 g/mol. The summed E-state index contributed by atoms with van der Waals surface area (Å²) in [5, 5.41) is 2.92. The lowest BCUT2D eigenvalue weighted by atomic mass is 10.1. The van der Waals surface area contributed by atoms with E-state index in [4.69, 9.17) is 0 Å². The predicted octanol–water partition coefficient (Wildman–Crippen LogP) is 3.27. The highest BCUT2D eigenvalue weighted by atomic mass is 32.2. The molecule has 0 aliphatic heterocycles. The quantitative estimate of drug-likeness (QED) is 0.796. The van der Waals surface area contributed by atoms with Crippen molar-refractivity contribution < 1.29 is 4.79 Å². The number of nitrogens with zero attached hydrogens (tertiary/aromatic N) is 1. The largest absolute Gasteiger partial charge is 0.351 e. The lowest BCUT2D eigenvalue weighted by Crippen LogP contribution is -2.31. The van der Waals surface area contributed by atoms with E-state index in [0.717, 1.165) is 12.3 Å². The van der Waals surface area contributed by atoms with Gasteiger partial charge in [-0.3, -0.25) is 4.79 Å². The molecule has 0 heterocycles. The molecule has 0 atom stereocenters. The van der Waals surface area contributed by atoms with Crippen molar-refractivity contribution in [2.45, 2.75) is 10.6 Å². The van der Waals surface area contributed by atoms with Crippen LogP contribution >= 0.6 is 11.8 Å². The maximum Gasteiger partial charge on any atom is 0.251 e. The Bertz CT molecular complexity index is 582. The van der Waals surface area contributed by atoms with Gasteiger partial charge in [0.1, 0.15) is 0 Å². The number of amides is 1. The second kappa shape index (κ2) is 8.61. The first kappa shape index (κ1) is 16.6. The van der Waals surface area contributed by atoms with Gasteiger partial charge in [-0.15, -0.1) is 11.8 Å². The molecule has 0 saturated heterocycles. The van der Waals surface area contributed by atoms with Crippen molar-refractivity contribution in [3.05, 3.63) is 65.7 Å². The van der Waals surface area contributed by atoms with Crippen molar-refractivity contribution in [1.82, 2.24) is 10.2 Å². The van der Waals surface area contributed by atoms with Gasteiger partial charge < -0.3 is 10.2 Å². The third kappa shape index (κ3) is 5.54. The van der Waals surface area contributed by atoms with Crippen molar-refractivity contribution in [2.75, 3.05) is 27.2 Å². The zero-order valence-corrected chi connectivity index (χ0v) is 13.9. The first-order chi connectivity index (χ1) is 10.6. The van der Waals surface area contributed by atoms with E-state index in [-0.39, 0.29) is 5.91 Å². The van der Waals surface area contributed by atoms with Crippen LogP contribution < -0.4 is 5.32 Å². The van der Waals surface area contributed by atoms with Gasteiger partial charge in [-0.1, -0.05) is 30.3 Å². The molecule has 0 spiro atoms. The van der Waals surface area contributed by atoms with Gasteiger partial charge in [0, 0.05) is 29.3 Å². The first-order valence-corrected chi connectivity index (χ1v) is 8.33. The van der Waals surface area contributed by atoms with Gasteiger partial charge in [-0.05, 0) is 43.9 Å². The van der Waals surface area contributed by atoms with Crippen LogP contribution in [0.25, 0.3) is 0 Å². The number of carbonyl (C=O) groups excluding carboxylic acids is 1. The number of nitrogens with one attached hydrogen (secondary N) is 1. The van der Waals surface area contributed by atoms with Gasteiger partial charge in [-0.2, -0.15) is 0 Å². The molecule has 116 valence electrons. The topological polar surface area (TPSA) is 32.3 Å². The summed E-state index contributed by atoms with van der Waals surface area (Å²) in [4.78, 5) is 15.3. The van der Waals surface area contributed by atoms with E-state index in [2.05, 4.69) is 17.4 Å². The van der Waals surface area contributed by atoms with Crippen LogP contribution in [0.1, 0.15) is 15.9 Å². The highest BCUT2D eigenvalue weighted by molar-refractivity contribution is 7.98. The Kier molecular flexibility index (Phi) is 6.49. The molecule has 1 N–H and O–H groups in total. The van der Waals surface area contributed by atoms with Gasteiger partial charge >= 0.3 is 0 Å². The molecule has 0 aromatic heterocycles. The Morgan fingerprint density at radius 2 is 1.73 bits per heavy atom. The van der Waals surface area contributed by atoms with Gasteiger partial charge in [0.15, 0.2) is 0 Å². The first-order valence-electron chi connectivity index (χ1n) is 7.35. The minimum atomic E-state index is -0.0101. The van der Waals surface area contributed by atoms with Crippen LogP contribution in [0.4, 0.5) is 0 Å². The van der Waals surface area contributed by atoms with Gasteiger partial charge in [0.05, 0.1) is 0 Å². The van der Waals surface area contributed by atoms with Gasteiger partial charge in [0.25, 0.3) is 5.91 Å². The standard InChI is InChI=1S/C18H22N2OS/c1-20(2)13-12-19-18(21)16-10-8-15(9-11-16)14-22-17-6-4-3-5-7-17/h3-11H,12-14H2,1-2H3,(H,19,21). The molecule has 1 amide bonds. The summed E-state index contributed by atoms with van der Waals surface area (Å²) in [7, 11) is 3.98. The molecule has 0 aliphatic rings. The van der Waals surface area contributed by atoms with Crippen LogP contribution in [0.3, 0.4) is 0 Å². The monoisotopic (exact) mass is 314 g/mol. The highest BCUT2D eigenvalue weighted by Crippen LogP contribution is 2.22. The molecule has 3 nitrogen and oxygen atoms in total. The van der Waals surface area contributed by atoms with Crippen molar-refractivity contribution >= 4 is 17.7 Å². The van der Waals surface area contributed by atoms with E-state index in [1.165, 1.54) is 10.5 Å². The summed E-state index contributed by atoms with van der Waals surface area (Å²) >= 11 is 1.80. The smallest absolute Gasteiger partial charge is 0.251 e. The average Bonchev–Trinajstić information content (AvgIpc) is 2.54. The molecule has 2 aromatic carbocycles. The molecule has 0 saturated carbocycles. The maximum atomic E-state index is 12.0. The lowest BCUT2D eigenvalue weighted by molar-refractivity contribution is 0.0951. The number of benzene rings is 2. The lowest BCUT2D eigenvalue weighted by Gasteiger charge is -2.10. The highest BCUT2D eigenvalue weighted by Gasteiger charge is 2.05. The molecule has 0 fully saturated rings. The summed E-state index contributed by atoms with van der Waals surface area (Å²) in [5.74, 6) is 0.899.